The minimum Gasteiger partial charge on any atom is -0.381 e. The predicted octanol–water partition coefficient (Wildman–Crippen LogP) is 1.55. The quantitative estimate of drug-likeness (QED) is 0.688. The molecule has 1 aromatic rings. The van der Waals surface area contributed by atoms with Gasteiger partial charge in [-0.1, -0.05) is 23.7 Å². The molecule has 3 N–H and O–H groups in total. The molecule has 0 radical (unpaired) electrons. The average Bonchev–Trinajstić information content (AvgIpc) is 2.14. The van der Waals surface area contributed by atoms with Crippen molar-refractivity contribution < 1.29 is 9.90 Å². The molecular formula is C10H13ClN2O2. The van der Waals surface area contributed by atoms with E-state index in [1.54, 1.807) is 24.3 Å². The lowest BCUT2D eigenvalue weighted by Gasteiger charge is -2.17. The van der Waals surface area contributed by atoms with Crippen molar-refractivity contribution in [2.75, 3.05) is 5.43 Å². The standard InChI is InChI=1S/C10H13ClN2O2/c1-10(2,15)9(14)13-12-8-6-4-3-5-7(8)11/h3-6,12,15H,1-2H3,(H,13,14). The second-order valence-corrected chi connectivity index (χ2v) is 4.03. The second-order valence-electron chi connectivity index (χ2n) is 3.62. The Morgan fingerprint density at radius 3 is 2.53 bits per heavy atom. The molecular weight excluding hydrogens is 216 g/mol. The van der Waals surface area contributed by atoms with E-state index in [4.69, 9.17) is 11.6 Å². The van der Waals surface area contributed by atoms with E-state index in [0.29, 0.717) is 10.7 Å². The van der Waals surface area contributed by atoms with E-state index >= 15 is 0 Å². The second kappa shape index (κ2) is 4.51. The van der Waals surface area contributed by atoms with Crippen LogP contribution in [0.1, 0.15) is 13.8 Å². The zero-order valence-corrected chi connectivity index (χ0v) is 9.30. The number of amides is 1. The summed E-state index contributed by atoms with van der Waals surface area (Å²) in [5.74, 6) is -0.526. The number of rotatable bonds is 3. The first-order valence-electron chi connectivity index (χ1n) is 4.44. The summed E-state index contributed by atoms with van der Waals surface area (Å²) in [6.07, 6.45) is 0. The van der Waals surface area contributed by atoms with Crippen molar-refractivity contribution in [2.45, 2.75) is 19.4 Å². The fourth-order valence-electron chi connectivity index (χ4n) is 0.840. The molecule has 1 amide bonds. The highest BCUT2D eigenvalue weighted by atomic mass is 35.5. The number of halogens is 1. The maximum Gasteiger partial charge on any atom is 0.269 e. The van der Waals surface area contributed by atoms with E-state index in [1.165, 1.54) is 13.8 Å². The van der Waals surface area contributed by atoms with Gasteiger partial charge in [0, 0.05) is 0 Å². The molecule has 0 unspecified atom stereocenters. The van der Waals surface area contributed by atoms with Crippen molar-refractivity contribution >= 4 is 23.2 Å². The van der Waals surface area contributed by atoms with Crippen molar-refractivity contribution in [2.24, 2.45) is 0 Å². The number of benzene rings is 1. The Balaban J connectivity index is 2.59. The van der Waals surface area contributed by atoms with Crippen LogP contribution in [0.4, 0.5) is 5.69 Å². The highest BCUT2D eigenvalue weighted by Crippen LogP contribution is 2.19. The number of hydrogen-bond donors (Lipinski definition) is 3. The normalized spacial score (nSPS) is 10.9. The Bertz CT molecular complexity index is 361. The SMILES string of the molecule is CC(C)(O)C(=O)NNc1ccccc1Cl. The van der Waals surface area contributed by atoms with E-state index in [-0.39, 0.29) is 0 Å². The summed E-state index contributed by atoms with van der Waals surface area (Å²) in [5, 5.41) is 9.84. The fraction of sp³-hybridized carbons (Fsp3) is 0.300. The Labute approximate surface area is 93.2 Å². The van der Waals surface area contributed by atoms with Crippen LogP contribution in [0.5, 0.6) is 0 Å². The largest absolute Gasteiger partial charge is 0.381 e. The zero-order chi connectivity index (χ0) is 11.5. The lowest BCUT2D eigenvalue weighted by atomic mass is 10.1. The van der Waals surface area contributed by atoms with Gasteiger partial charge in [-0.2, -0.15) is 0 Å². The number of aliphatic hydroxyl groups is 1. The first kappa shape index (κ1) is 11.8. The molecule has 0 atom stereocenters. The van der Waals surface area contributed by atoms with Crippen LogP contribution in [0.25, 0.3) is 0 Å². The van der Waals surface area contributed by atoms with E-state index in [2.05, 4.69) is 10.9 Å². The first-order valence-corrected chi connectivity index (χ1v) is 4.82. The van der Waals surface area contributed by atoms with Crippen molar-refractivity contribution in [1.29, 1.82) is 0 Å². The van der Waals surface area contributed by atoms with Gasteiger partial charge in [0.1, 0.15) is 5.60 Å². The van der Waals surface area contributed by atoms with Gasteiger partial charge in [-0.25, -0.2) is 0 Å². The Morgan fingerprint density at radius 2 is 2.00 bits per heavy atom. The van der Waals surface area contributed by atoms with E-state index in [9.17, 15) is 9.90 Å². The summed E-state index contributed by atoms with van der Waals surface area (Å²) in [5.41, 5.74) is 4.14. The third-order valence-corrected chi connectivity index (χ3v) is 2.07. The van der Waals surface area contributed by atoms with Crippen LogP contribution in [0.2, 0.25) is 5.02 Å². The molecule has 82 valence electrons. The third-order valence-electron chi connectivity index (χ3n) is 1.74. The summed E-state index contributed by atoms with van der Waals surface area (Å²) in [7, 11) is 0. The van der Waals surface area contributed by atoms with Gasteiger partial charge in [0.15, 0.2) is 0 Å². The van der Waals surface area contributed by atoms with Gasteiger partial charge >= 0.3 is 0 Å². The predicted molar refractivity (Wildman–Crippen MR) is 59.5 cm³/mol. The van der Waals surface area contributed by atoms with Crippen LogP contribution >= 0.6 is 11.6 Å². The fourth-order valence-corrected chi connectivity index (χ4v) is 1.02. The smallest absolute Gasteiger partial charge is 0.269 e. The van der Waals surface area contributed by atoms with E-state index in [1.807, 2.05) is 0 Å². The van der Waals surface area contributed by atoms with Gasteiger partial charge in [0.2, 0.25) is 0 Å². The summed E-state index contributed by atoms with van der Waals surface area (Å²) in [6, 6.07) is 6.98. The zero-order valence-electron chi connectivity index (χ0n) is 8.54. The molecule has 0 fully saturated rings. The van der Waals surface area contributed by atoms with Gasteiger partial charge in [0.05, 0.1) is 10.7 Å². The highest BCUT2D eigenvalue weighted by molar-refractivity contribution is 6.33. The molecule has 1 aromatic carbocycles. The number of para-hydroxylation sites is 1. The molecule has 0 saturated carbocycles. The summed E-state index contributed by atoms with van der Waals surface area (Å²) in [4.78, 5) is 11.3. The number of hydrogen-bond acceptors (Lipinski definition) is 3. The van der Waals surface area contributed by atoms with Crippen LogP contribution in [-0.2, 0) is 4.79 Å². The van der Waals surface area contributed by atoms with Crippen molar-refractivity contribution in [3.05, 3.63) is 29.3 Å². The lowest BCUT2D eigenvalue weighted by Crippen LogP contribution is -2.44. The van der Waals surface area contributed by atoms with Crippen molar-refractivity contribution in [3.63, 3.8) is 0 Å². The van der Waals surface area contributed by atoms with E-state index < -0.39 is 11.5 Å². The number of hydrazine groups is 1. The molecule has 0 spiro atoms. The van der Waals surface area contributed by atoms with Crippen molar-refractivity contribution in [1.82, 2.24) is 5.43 Å². The summed E-state index contributed by atoms with van der Waals surface area (Å²) in [6.45, 7) is 2.80. The summed E-state index contributed by atoms with van der Waals surface area (Å²) >= 11 is 5.85. The van der Waals surface area contributed by atoms with E-state index in [0.717, 1.165) is 0 Å². The topological polar surface area (TPSA) is 61.4 Å². The highest BCUT2D eigenvalue weighted by Gasteiger charge is 2.23. The minimum absolute atomic E-state index is 0.494. The van der Waals surface area contributed by atoms with Crippen LogP contribution in [0.15, 0.2) is 24.3 Å². The van der Waals surface area contributed by atoms with Crippen LogP contribution in [0, 0.1) is 0 Å². The maximum atomic E-state index is 11.3. The molecule has 1 rings (SSSR count). The average molecular weight is 229 g/mol. The Morgan fingerprint density at radius 1 is 1.40 bits per heavy atom. The lowest BCUT2D eigenvalue weighted by molar-refractivity contribution is -0.135. The van der Waals surface area contributed by atoms with Crippen LogP contribution < -0.4 is 10.9 Å². The van der Waals surface area contributed by atoms with Gasteiger partial charge in [0.25, 0.3) is 5.91 Å². The number of carbonyl (C=O) groups excluding carboxylic acids is 1. The van der Waals surface area contributed by atoms with Gasteiger partial charge in [-0.3, -0.25) is 15.6 Å². The molecule has 0 bridgehead atoms. The molecule has 0 aliphatic carbocycles. The molecule has 0 aliphatic rings. The first-order chi connectivity index (χ1) is 6.91. The minimum atomic E-state index is -1.42. The molecule has 5 heteroatoms. The van der Waals surface area contributed by atoms with Gasteiger partial charge in [-0.15, -0.1) is 0 Å². The molecule has 0 saturated heterocycles. The molecule has 15 heavy (non-hydrogen) atoms. The Kier molecular flexibility index (Phi) is 3.55. The Hall–Kier alpha value is -1.26. The number of carbonyl (C=O) groups is 1. The molecule has 0 aromatic heterocycles. The monoisotopic (exact) mass is 228 g/mol. The molecule has 0 heterocycles. The maximum absolute atomic E-state index is 11.3. The van der Waals surface area contributed by atoms with Crippen LogP contribution in [-0.4, -0.2) is 16.6 Å². The van der Waals surface area contributed by atoms with Crippen LogP contribution in [0.3, 0.4) is 0 Å². The summed E-state index contributed by atoms with van der Waals surface area (Å²) < 4.78 is 0. The third kappa shape index (κ3) is 3.42. The molecule has 4 nitrogen and oxygen atoms in total. The number of anilines is 1. The van der Waals surface area contributed by atoms with Gasteiger partial charge in [-0.05, 0) is 26.0 Å². The van der Waals surface area contributed by atoms with Crippen molar-refractivity contribution in [3.8, 4) is 0 Å². The molecule has 0 aliphatic heterocycles. The van der Waals surface area contributed by atoms with Gasteiger partial charge < -0.3 is 5.11 Å². The number of nitrogens with one attached hydrogen (secondary N) is 2.